The number of carbonyl (C=O) groups excluding carboxylic acids is 1. The lowest BCUT2D eigenvalue weighted by Gasteiger charge is -2.04. The molecule has 0 aliphatic carbocycles. The van der Waals surface area contributed by atoms with Crippen LogP contribution in [-0.2, 0) is 4.79 Å². The average Bonchev–Trinajstić information content (AvgIpc) is 2.73. The van der Waals surface area contributed by atoms with Crippen molar-refractivity contribution in [2.75, 3.05) is 0 Å². The molecule has 16 heavy (non-hydrogen) atoms. The van der Waals surface area contributed by atoms with Crippen LogP contribution in [0.2, 0.25) is 0 Å². The van der Waals surface area contributed by atoms with Crippen molar-refractivity contribution in [3.63, 3.8) is 0 Å². The number of benzene rings is 1. The first-order chi connectivity index (χ1) is 7.59. The predicted octanol–water partition coefficient (Wildman–Crippen LogP) is 2.34. The smallest absolute Gasteiger partial charge is 0.314 e. The van der Waals surface area contributed by atoms with Crippen LogP contribution in [0.15, 0.2) is 34.9 Å². The summed E-state index contributed by atoms with van der Waals surface area (Å²) >= 11 is 0. The molecule has 2 aromatic rings. The van der Waals surface area contributed by atoms with Gasteiger partial charge in [-0.3, -0.25) is 9.59 Å². The van der Waals surface area contributed by atoms with Crippen molar-refractivity contribution in [2.45, 2.75) is 6.92 Å². The number of carbonyl (C=O) groups is 2. The van der Waals surface area contributed by atoms with Gasteiger partial charge in [-0.05, 0) is 31.2 Å². The second-order valence-corrected chi connectivity index (χ2v) is 3.60. The highest BCUT2D eigenvalue weighted by Crippen LogP contribution is 2.19. The fourth-order valence-corrected chi connectivity index (χ4v) is 1.48. The zero-order chi connectivity index (χ0) is 11.7. The zero-order valence-electron chi connectivity index (χ0n) is 8.64. The van der Waals surface area contributed by atoms with E-state index >= 15 is 0 Å². The lowest BCUT2D eigenvalue weighted by molar-refractivity contribution is -0.139. The second kappa shape index (κ2) is 3.81. The Balaban J connectivity index is 2.39. The normalized spacial score (nSPS) is 12.6. The third-order valence-corrected chi connectivity index (χ3v) is 2.50. The predicted molar refractivity (Wildman–Crippen MR) is 57.3 cm³/mol. The summed E-state index contributed by atoms with van der Waals surface area (Å²) in [6.07, 6.45) is 1.53. The third kappa shape index (κ3) is 1.69. The van der Waals surface area contributed by atoms with Crippen molar-refractivity contribution in [1.29, 1.82) is 0 Å². The van der Waals surface area contributed by atoms with E-state index in [4.69, 9.17) is 9.52 Å². The summed E-state index contributed by atoms with van der Waals surface area (Å²) in [7, 11) is 0. The fraction of sp³-hybridized carbons (Fsp3) is 0.167. The molecule has 0 radical (unpaired) electrons. The topological polar surface area (TPSA) is 67.5 Å². The molecule has 0 saturated carbocycles. The van der Waals surface area contributed by atoms with Gasteiger partial charge in [0.2, 0.25) is 0 Å². The highest BCUT2D eigenvalue weighted by molar-refractivity contribution is 6.09. The minimum absolute atomic E-state index is 0.392. The van der Waals surface area contributed by atoms with Crippen molar-refractivity contribution < 1.29 is 19.1 Å². The number of furan rings is 1. The summed E-state index contributed by atoms with van der Waals surface area (Å²) in [4.78, 5) is 22.4. The molecule has 1 heterocycles. The van der Waals surface area contributed by atoms with Gasteiger partial charge >= 0.3 is 5.97 Å². The number of Topliss-reactive ketones (excluding diaryl/α,β-unsaturated/α-hetero) is 1. The summed E-state index contributed by atoms with van der Waals surface area (Å²) in [6.45, 7) is 1.38. The Morgan fingerprint density at radius 1 is 1.31 bits per heavy atom. The highest BCUT2D eigenvalue weighted by Gasteiger charge is 2.22. The largest absolute Gasteiger partial charge is 0.481 e. The summed E-state index contributed by atoms with van der Waals surface area (Å²) < 4.78 is 5.13. The van der Waals surface area contributed by atoms with E-state index in [9.17, 15) is 9.59 Å². The monoisotopic (exact) mass is 218 g/mol. The summed E-state index contributed by atoms with van der Waals surface area (Å²) in [5.41, 5.74) is 1.07. The van der Waals surface area contributed by atoms with Crippen LogP contribution in [0.25, 0.3) is 11.0 Å². The SMILES string of the molecule is CC(C(=O)O)C(=O)c1ccc2occc2c1. The Morgan fingerprint density at radius 2 is 2.06 bits per heavy atom. The summed E-state index contributed by atoms with van der Waals surface area (Å²) in [6, 6.07) is 6.61. The van der Waals surface area contributed by atoms with E-state index in [1.807, 2.05) is 0 Å². The van der Waals surface area contributed by atoms with E-state index in [0.29, 0.717) is 11.1 Å². The third-order valence-electron chi connectivity index (χ3n) is 2.50. The van der Waals surface area contributed by atoms with Crippen molar-refractivity contribution in [1.82, 2.24) is 0 Å². The Morgan fingerprint density at radius 3 is 2.75 bits per heavy atom. The number of fused-ring (bicyclic) bond motifs is 1. The van der Waals surface area contributed by atoms with Gasteiger partial charge in [0.05, 0.1) is 6.26 Å². The molecule has 0 aliphatic rings. The van der Waals surface area contributed by atoms with Gasteiger partial charge in [-0.15, -0.1) is 0 Å². The number of carboxylic acids is 1. The number of hydrogen-bond donors (Lipinski definition) is 1. The van der Waals surface area contributed by atoms with Gasteiger partial charge in [-0.1, -0.05) is 0 Å². The molecule has 1 N–H and O–H groups in total. The zero-order valence-corrected chi connectivity index (χ0v) is 8.64. The quantitative estimate of drug-likeness (QED) is 0.634. The maximum atomic E-state index is 11.7. The van der Waals surface area contributed by atoms with E-state index in [0.717, 1.165) is 5.39 Å². The minimum Gasteiger partial charge on any atom is -0.481 e. The van der Waals surface area contributed by atoms with E-state index in [1.165, 1.54) is 13.2 Å². The number of aliphatic carboxylic acids is 1. The molecule has 0 aliphatic heterocycles. The maximum Gasteiger partial charge on any atom is 0.314 e. The molecule has 1 aromatic heterocycles. The van der Waals surface area contributed by atoms with Gasteiger partial charge in [0.15, 0.2) is 5.78 Å². The lowest BCUT2D eigenvalue weighted by Crippen LogP contribution is -2.20. The molecule has 0 fully saturated rings. The molecule has 1 atom stereocenters. The molecule has 82 valence electrons. The number of carboxylic acid groups (broad SMARTS) is 1. The first-order valence-corrected chi connectivity index (χ1v) is 4.84. The molecular weight excluding hydrogens is 208 g/mol. The standard InChI is InChI=1S/C12H10O4/c1-7(12(14)15)11(13)9-2-3-10-8(6-9)4-5-16-10/h2-7H,1H3,(H,14,15). The van der Waals surface area contributed by atoms with Crippen LogP contribution in [0.3, 0.4) is 0 Å². The van der Waals surface area contributed by atoms with Gasteiger partial charge in [-0.25, -0.2) is 0 Å². The van der Waals surface area contributed by atoms with Crippen molar-refractivity contribution >= 4 is 22.7 Å². The van der Waals surface area contributed by atoms with E-state index < -0.39 is 17.7 Å². The van der Waals surface area contributed by atoms with Gasteiger partial charge < -0.3 is 9.52 Å². The van der Waals surface area contributed by atoms with Crippen molar-refractivity contribution in [2.24, 2.45) is 5.92 Å². The molecule has 0 spiro atoms. The number of hydrogen-bond acceptors (Lipinski definition) is 3. The van der Waals surface area contributed by atoms with Crippen LogP contribution < -0.4 is 0 Å². The van der Waals surface area contributed by atoms with Crippen molar-refractivity contribution in [3.05, 3.63) is 36.1 Å². The van der Waals surface area contributed by atoms with Crippen LogP contribution in [0.5, 0.6) is 0 Å². The fourth-order valence-electron chi connectivity index (χ4n) is 1.48. The second-order valence-electron chi connectivity index (χ2n) is 3.60. The molecular formula is C12H10O4. The minimum atomic E-state index is -1.11. The first-order valence-electron chi connectivity index (χ1n) is 4.84. The van der Waals surface area contributed by atoms with Crippen LogP contribution in [0.1, 0.15) is 17.3 Å². The van der Waals surface area contributed by atoms with Gasteiger partial charge in [0, 0.05) is 10.9 Å². The van der Waals surface area contributed by atoms with Crippen molar-refractivity contribution in [3.8, 4) is 0 Å². The molecule has 0 amide bonds. The van der Waals surface area contributed by atoms with E-state index in [1.54, 1.807) is 24.3 Å². The molecule has 1 unspecified atom stereocenters. The molecule has 1 aromatic carbocycles. The molecule has 4 heteroatoms. The molecule has 0 saturated heterocycles. The summed E-state index contributed by atoms with van der Waals surface area (Å²) in [5, 5.41) is 9.54. The van der Waals surface area contributed by atoms with E-state index in [-0.39, 0.29) is 0 Å². The Bertz CT molecular complexity index is 553. The summed E-state index contributed by atoms with van der Waals surface area (Å²) in [5.74, 6) is -2.53. The number of rotatable bonds is 3. The van der Waals surface area contributed by atoms with Gasteiger partial charge in [-0.2, -0.15) is 0 Å². The average molecular weight is 218 g/mol. The van der Waals surface area contributed by atoms with Gasteiger partial charge in [0.25, 0.3) is 0 Å². The van der Waals surface area contributed by atoms with Gasteiger partial charge in [0.1, 0.15) is 11.5 Å². The Hall–Kier alpha value is -2.10. The molecule has 2 rings (SSSR count). The van der Waals surface area contributed by atoms with Crippen LogP contribution in [-0.4, -0.2) is 16.9 Å². The maximum absolute atomic E-state index is 11.7. The first kappa shape index (κ1) is 10.4. The van der Waals surface area contributed by atoms with Crippen LogP contribution in [0, 0.1) is 5.92 Å². The highest BCUT2D eigenvalue weighted by atomic mass is 16.4. The Labute approximate surface area is 91.5 Å². The molecule has 4 nitrogen and oxygen atoms in total. The lowest BCUT2D eigenvalue weighted by atomic mass is 9.99. The van der Waals surface area contributed by atoms with Crippen LogP contribution >= 0.6 is 0 Å². The Kier molecular flexibility index (Phi) is 2.48. The van der Waals surface area contributed by atoms with E-state index in [2.05, 4.69) is 0 Å². The number of ketones is 1. The molecule has 0 bridgehead atoms. The van der Waals surface area contributed by atoms with Crippen LogP contribution in [0.4, 0.5) is 0 Å².